The van der Waals surface area contributed by atoms with Crippen LogP contribution >= 0.6 is 11.6 Å². The highest BCUT2D eigenvalue weighted by molar-refractivity contribution is 6.36. The molecule has 15 heavy (non-hydrogen) atoms. The van der Waals surface area contributed by atoms with Crippen LogP contribution in [0.15, 0.2) is 18.2 Å². The monoisotopic (exact) mass is 223 g/mol. The summed E-state index contributed by atoms with van der Waals surface area (Å²) in [5.41, 5.74) is 2.66. The predicted molar refractivity (Wildman–Crippen MR) is 60.8 cm³/mol. The van der Waals surface area contributed by atoms with Crippen molar-refractivity contribution in [2.45, 2.75) is 20.3 Å². The van der Waals surface area contributed by atoms with E-state index in [0.717, 1.165) is 23.2 Å². The molecule has 0 fully saturated rings. The molecule has 0 atom stereocenters. The largest absolute Gasteiger partial charge is 0.253 e. The molecule has 0 spiro atoms. The maximum absolute atomic E-state index is 13.1. The molecule has 1 aromatic heterocycles. The highest BCUT2D eigenvalue weighted by atomic mass is 35.5. The number of hydrogen-bond donors (Lipinski definition) is 0. The fourth-order valence-corrected chi connectivity index (χ4v) is 2.18. The molecule has 0 bridgehead atoms. The Balaban J connectivity index is 2.86. The third-order valence-electron chi connectivity index (χ3n) is 2.54. The molecule has 1 nitrogen and oxygen atoms in total. The summed E-state index contributed by atoms with van der Waals surface area (Å²) in [6.07, 6.45) is 0.810. The standard InChI is InChI=1S/C12H11ClFN/c1-3-9-7(2)15-11-5-4-8(14)6-10(11)12(9)13/h4-6H,3H2,1-2H3. The van der Waals surface area contributed by atoms with Gasteiger partial charge in [0.05, 0.1) is 10.5 Å². The number of benzene rings is 1. The van der Waals surface area contributed by atoms with E-state index < -0.39 is 0 Å². The Labute approximate surface area is 92.9 Å². The highest BCUT2D eigenvalue weighted by Crippen LogP contribution is 2.28. The molecule has 0 aliphatic carbocycles. The smallest absolute Gasteiger partial charge is 0.124 e. The topological polar surface area (TPSA) is 12.9 Å². The Bertz CT molecular complexity index is 523. The van der Waals surface area contributed by atoms with Crippen molar-refractivity contribution in [3.8, 4) is 0 Å². The van der Waals surface area contributed by atoms with Crippen LogP contribution in [0.25, 0.3) is 10.9 Å². The van der Waals surface area contributed by atoms with Crippen molar-refractivity contribution >= 4 is 22.5 Å². The summed E-state index contributed by atoms with van der Waals surface area (Å²) < 4.78 is 13.1. The molecule has 1 heterocycles. The van der Waals surface area contributed by atoms with E-state index in [9.17, 15) is 4.39 Å². The molecule has 1 aromatic carbocycles. The molecule has 0 unspecified atom stereocenters. The predicted octanol–water partition coefficient (Wildman–Crippen LogP) is 3.90. The van der Waals surface area contributed by atoms with Gasteiger partial charge in [-0.15, -0.1) is 0 Å². The number of fused-ring (bicyclic) bond motifs is 1. The van der Waals surface area contributed by atoms with Crippen LogP contribution in [0.3, 0.4) is 0 Å². The van der Waals surface area contributed by atoms with Gasteiger partial charge in [0.25, 0.3) is 0 Å². The first-order valence-electron chi connectivity index (χ1n) is 4.87. The van der Waals surface area contributed by atoms with Gasteiger partial charge in [-0.1, -0.05) is 18.5 Å². The van der Waals surface area contributed by atoms with Crippen molar-refractivity contribution in [2.24, 2.45) is 0 Å². The molecule has 2 aromatic rings. The molecule has 0 aliphatic rings. The normalized spacial score (nSPS) is 10.9. The Kier molecular flexibility index (Phi) is 2.61. The summed E-state index contributed by atoms with van der Waals surface area (Å²) in [5.74, 6) is -0.280. The molecule has 78 valence electrons. The van der Waals surface area contributed by atoms with E-state index in [1.807, 2.05) is 13.8 Å². The number of hydrogen-bond acceptors (Lipinski definition) is 1. The van der Waals surface area contributed by atoms with Crippen LogP contribution in [0.1, 0.15) is 18.2 Å². The maximum atomic E-state index is 13.1. The van der Waals surface area contributed by atoms with Crippen molar-refractivity contribution in [3.63, 3.8) is 0 Å². The lowest BCUT2D eigenvalue weighted by molar-refractivity contribution is 0.629. The minimum Gasteiger partial charge on any atom is -0.253 e. The summed E-state index contributed by atoms with van der Waals surface area (Å²) in [6.45, 7) is 3.94. The number of halogens is 2. The quantitative estimate of drug-likeness (QED) is 0.715. The average Bonchev–Trinajstić information content (AvgIpc) is 2.20. The van der Waals surface area contributed by atoms with E-state index in [-0.39, 0.29) is 5.82 Å². The molecular formula is C12H11ClFN. The van der Waals surface area contributed by atoms with E-state index in [2.05, 4.69) is 4.98 Å². The summed E-state index contributed by atoms with van der Waals surface area (Å²) in [4.78, 5) is 4.40. The Morgan fingerprint density at radius 2 is 2.13 bits per heavy atom. The number of aromatic nitrogens is 1. The first-order chi connectivity index (χ1) is 7.13. The third kappa shape index (κ3) is 1.70. The fraction of sp³-hybridized carbons (Fsp3) is 0.250. The maximum Gasteiger partial charge on any atom is 0.124 e. The van der Waals surface area contributed by atoms with Crippen LogP contribution < -0.4 is 0 Å². The van der Waals surface area contributed by atoms with Crippen LogP contribution in [0.5, 0.6) is 0 Å². The number of nitrogens with zero attached hydrogens (tertiary/aromatic N) is 1. The lowest BCUT2D eigenvalue weighted by Crippen LogP contribution is -1.94. The van der Waals surface area contributed by atoms with Crippen molar-refractivity contribution in [3.05, 3.63) is 40.3 Å². The highest BCUT2D eigenvalue weighted by Gasteiger charge is 2.09. The van der Waals surface area contributed by atoms with Gasteiger partial charge in [-0.05, 0) is 37.1 Å². The number of aryl methyl sites for hydroxylation is 1. The van der Waals surface area contributed by atoms with E-state index in [0.29, 0.717) is 10.4 Å². The SMILES string of the molecule is CCc1c(C)nc2ccc(F)cc2c1Cl. The molecule has 3 heteroatoms. The number of rotatable bonds is 1. The summed E-state index contributed by atoms with van der Waals surface area (Å²) in [5, 5.41) is 1.32. The molecule has 0 aliphatic heterocycles. The summed E-state index contributed by atoms with van der Waals surface area (Å²) >= 11 is 6.21. The minimum atomic E-state index is -0.280. The van der Waals surface area contributed by atoms with Gasteiger partial charge in [-0.25, -0.2) is 4.39 Å². The van der Waals surface area contributed by atoms with Crippen LogP contribution in [0, 0.1) is 12.7 Å². The van der Waals surface area contributed by atoms with Crippen molar-refractivity contribution in [1.29, 1.82) is 0 Å². The number of pyridine rings is 1. The molecule has 0 saturated carbocycles. The summed E-state index contributed by atoms with van der Waals surface area (Å²) in [6, 6.07) is 4.49. The van der Waals surface area contributed by atoms with Gasteiger partial charge in [0.15, 0.2) is 0 Å². The molecule has 0 saturated heterocycles. The second kappa shape index (κ2) is 3.78. The van der Waals surface area contributed by atoms with Crippen molar-refractivity contribution in [1.82, 2.24) is 4.98 Å². The second-order valence-electron chi connectivity index (χ2n) is 3.50. The second-order valence-corrected chi connectivity index (χ2v) is 3.88. The minimum absolute atomic E-state index is 0.280. The van der Waals surface area contributed by atoms with Crippen LogP contribution in [-0.4, -0.2) is 4.98 Å². The van der Waals surface area contributed by atoms with Gasteiger partial charge in [-0.2, -0.15) is 0 Å². The Hall–Kier alpha value is -1.15. The third-order valence-corrected chi connectivity index (χ3v) is 2.97. The lowest BCUT2D eigenvalue weighted by atomic mass is 10.1. The van der Waals surface area contributed by atoms with Gasteiger partial charge in [-0.3, -0.25) is 4.98 Å². The summed E-state index contributed by atoms with van der Waals surface area (Å²) in [7, 11) is 0. The zero-order valence-electron chi connectivity index (χ0n) is 8.64. The molecule has 0 radical (unpaired) electrons. The van der Waals surface area contributed by atoms with E-state index in [4.69, 9.17) is 11.6 Å². The van der Waals surface area contributed by atoms with Crippen LogP contribution in [0.2, 0.25) is 5.02 Å². The zero-order chi connectivity index (χ0) is 11.0. The van der Waals surface area contributed by atoms with Gasteiger partial charge in [0, 0.05) is 11.1 Å². The van der Waals surface area contributed by atoms with Gasteiger partial charge in [0.1, 0.15) is 5.82 Å². The Morgan fingerprint density at radius 3 is 2.80 bits per heavy atom. The van der Waals surface area contributed by atoms with Crippen molar-refractivity contribution < 1.29 is 4.39 Å². The first-order valence-corrected chi connectivity index (χ1v) is 5.25. The fourth-order valence-electron chi connectivity index (χ4n) is 1.76. The van der Waals surface area contributed by atoms with Gasteiger partial charge < -0.3 is 0 Å². The molecule has 2 rings (SSSR count). The molecular weight excluding hydrogens is 213 g/mol. The van der Waals surface area contributed by atoms with E-state index >= 15 is 0 Å². The van der Waals surface area contributed by atoms with Gasteiger partial charge >= 0.3 is 0 Å². The zero-order valence-corrected chi connectivity index (χ0v) is 9.40. The van der Waals surface area contributed by atoms with Crippen LogP contribution in [-0.2, 0) is 6.42 Å². The Morgan fingerprint density at radius 1 is 1.40 bits per heavy atom. The van der Waals surface area contributed by atoms with E-state index in [1.54, 1.807) is 6.07 Å². The average molecular weight is 224 g/mol. The van der Waals surface area contributed by atoms with Crippen molar-refractivity contribution in [2.75, 3.05) is 0 Å². The lowest BCUT2D eigenvalue weighted by Gasteiger charge is -2.08. The molecule has 0 amide bonds. The van der Waals surface area contributed by atoms with E-state index in [1.165, 1.54) is 12.1 Å². The van der Waals surface area contributed by atoms with Crippen LogP contribution in [0.4, 0.5) is 4.39 Å². The first kappa shape index (κ1) is 10.4. The molecule has 0 N–H and O–H groups in total. The van der Waals surface area contributed by atoms with Gasteiger partial charge in [0.2, 0.25) is 0 Å².